The summed E-state index contributed by atoms with van der Waals surface area (Å²) in [5.74, 6) is 0. The van der Waals surface area contributed by atoms with Gasteiger partial charge in [0.15, 0.2) is 11.3 Å². The minimum Gasteiger partial charge on any atom is -0.328 e. The van der Waals surface area contributed by atoms with E-state index in [1.165, 1.54) is 0 Å². The predicted octanol–water partition coefficient (Wildman–Crippen LogP) is 0.286. The first-order valence-corrected chi connectivity index (χ1v) is 2.29. The lowest BCUT2D eigenvalue weighted by Crippen LogP contribution is -1.58. The maximum absolute atomic E-state index is 3.91. The Kier molecular flexibility index (Phi) is 0.498. The van der Waals surface area contributed by atoms with Crippen molar-refractivity contribution in [2.24, 2.45) is 0 Å². The van der Waals surface area contributed by atoms with Crippen LogP contribution in [0.4, 0.5) is 0 Å². The van der Waals surface area contributed by atoms with Gasteiger partial charge in [-0.2, -0.15) is 0 Å². The second kappa shape index (κ2) is 1.09. The highest BCUT2D eigenvalue weighted by Crippen LogP contribution is 1.97. The highest BCUT2D eigenvalue weighted by atomic mass is 15.1. The Labute approximate surface area is 45.0 Å². The van der Waals surface area contributed by atoms with E-state index in [4.69, 9.17) is 0 Å². The van der Waals surface area contributed by atoms with Crippen molar-refractivity contribution in [3.8, 4) is 0 Å². The Morgan fingerprint density at radius 2 is 1.50 bits per heavy atom. The topological polar surface area (TPSA) is 57.4 Å². The molecule has 0 atom stereocenters. The smallest absolute Gasteiger partial charge is 0.176 e. The van der Waals surface area contributed by atoms with Crippen molar-refractivity contribution in [2.75, 3.05) is 0 Å². The zero-order chi connectivity index (χ0) is 5.40. The molecule has 0 aliphatic carbocycles. The van der Waals surface area contributed by atoms with Gasteiger partial charge in [0.25, 0.3) is 0 Å². The van der Waals surface area contributed by atoms with Crippen molar-refractivity contribution in [3.05, 3.63) is 12.7 Å². The molecule has 4 heteroatoms. The van der Waals surface area contributed by atoms with Crippen molar-refractivity contribution < 1.29 is 0 Å². The molecule has 0 aliphatic heterocycles. The number of rotatable bonds is 0. The normalized spacial score (nSPS) is 10.5. The van der Waals surface area contributed by atoms with Gasteiger partial charge >= 0.3 is 0 Å². The third-order valence-corrected chi connectivity index (χ3v) is 1.01. The summed E-state index contributed by atoms with van der Waals surface area (Å²) in [7, 11) is 0. The van der Waals surface area contributed by atoms with Crippen molar-refractivity contribution in [1.29, 1.82) is 0 Å². The number of aromatic amines is 2. The van der Waals surface area contributed by atoms with Crippen molar-refractivity contribution >= 4 is 11.3 Å². The molecule has 0 aliphatic rings. The number of fused-ring (bicyclic) bond motifs is 1. The van der Waals surface area contributed by atoms with Gasteiger partial charge in [-0.05, 0) is 0 Å². The second-order valence-electron chi connectivity index (χ2n) is 1.50. The molecular weight excluding hydrogens is 104 g/mol. The van der Waals surface area contributed by atoms with Crippen molar-refractivity contribution in [1.82, 2.24) is 19.9 Å². The lowest BCUT2D eigenvalue weighted by molar-refractivity contribution is 1.23. The molecule has 2 N–H and O–H groups in total. The molecule has 0 aromatic carbocycles. The monoisotopic (exact) mass is 108 g/mol. The largest absolute Gasteiger partial charge is 0.328 e. The Morgan fingerprint density at radius 3 is 2.00 bits per heavy atom. The third-order valence-electron chi connectivity index (χ3n) is 1.01. The molecule has 0 unspecified atom stereocenters. The highest BCUT2D eigenvalue weighted by Gasteiger charge is 1.92. The van der Waals surface area contributed by atoms with Crippen LogP contribution in [0.1, 0.15) is 0 Å². The average molecular weight is 108 g/mol. The summed E-state index contributed by atoms with van der Waals surface area (Å²) >= 11 is 0. The summed E-state index contributed by atoms with van der Waals surface area (Å²) in [6.07, 6.45) is 3.21. The molecule has 2 rings (SSSR count). The molecule has 0 spiro atoms. The first kappa shape index (κ1) is 3.65. The van der Waals surface area contributed by atoms with Crippen LogP contribution in [0.25, 0.3) is 11.3 Å². The van der Waals surface area contributed by atoms with E-state index in [0.29, 0.717) is 0 Å². The lowest BCUT2D eigenvalue weighted by atomic mass is 10.8. The van der Waals surface area contributed by atoms with Crippen molar-refractivity contribution in [3.63, 3.8) is 0 Å². The predicted molar refractivity (Wildman–Crippen MR) is 28.2 cm³/mol. The number of hydrogen-bond acceptors (Lipinski definition) is 2. The average Bonchev–Trinajstić information content (AvgIpc) is 2.15. The Bertz CT molecular complexity index is 229. The quantitative estimate of drug-likeness (QED) is 0.509. The number of imidazole rings is 2. The van der Waals surface area contributed by atoms with E-state index in [9.17, 15) is 0 Å². The molecule has 4 nitrogen and oxygen atoms in total. The molecule has 0 fully saturated rings. The lowest BCUT2D eigenvalue weighted by Gasteiger charge is -1.63. The van der Waals surface area contributed by atoms with Crippen LogP contribution < -0.4 is 0 Å². The third kappa shape index (κ3) is 0.294. The summed E-state index contributed by atoms with van der Waals surface area (Å²) < 4.78 is 0. The Morgan fingerprint density at radius 1 is 1.00 bits per heavy atom. The van der Waals surface area contributed by atoms with Crippen LogP contribution in [0.3, 0.4) is 0 Å². The van der Waals surface area contributed by atoms with Crippen LogP contribution in [-0.4, -0.2) is 19.9 Å². The molecular formula is C4H4N4. The maximum Gasteiger partial charge on any atom is 0.176 e. The molecule has 0 saturated heterocycles. The van der Waals surface area contributed by atoms with E-state index in [2.05, 4.69) is 19.9 Å². The number of aromatic nitrogens is 4. The standard InChI is InChI=1S/C4H4N4/c1-5-3-4(6-1)8-2-7-3/h1-2H,(H,5,6)(H,7,8). The molecule has 40 valence electrons. The zero-order valence-corrected chi connectivity index (χ0v) is 4.05. The van der Waals surface area contributed by atoms with E-state index in [0.717, 1.165) is 11.3 Å². The van der Waals surface area contributed by atoms with E-state index >= 15 is 0 Å². The van der Waals surface area contributed by atoms with Gasteiger partial charge < -0.3 is 9.97 Å². The van der Waals surface area contributed by atoms with E-state index in [1.807, 2.05) is 0 Å². The van der Waals surface area contributed by atoms with E-state index < -0.39 is 0 Å². The number of nitrogens with one attached hydrogen (secondary N) is 2. The van der Waals surface area contributed by atoms with Gasteiger partial charge in [-0.1, -0.05) is 0 Å². The molecule has 0 bridgehead atoms. The fourth-order valence-electron chi connectivity index (χ4n) is 0.649. The fraction of sp³-hybridized carbons (Fsp3) is 0. The number of nitrogens with zero attached hydrogens (tertiary/aromatic N) is 2. The summed E-state index contributed by atoms with van der Waals surface area (Å²) in [6.45, 7) is 0. The van der Waals surface area contributed by atoms with Crippen LogP contribution in [0.5, 0.6) is 0 Å². The van der Waals surface area contributed by atoms with Crippen LogP contribution >= 0.6 is 0 Å². The van der Waals surface area contributed by atoms with E-state index in [1.54, 1.807) is 12.7 Å². The molecule has 0 saturated carbocycles. The van der Waals surface area contributed by atoms with Gasteiger partial charge in [0.2, 0.25) is 0 Å². The van der Waals surface area contributed by atoms with Gasteiger partial charge in [-0.15, -0.1) is 0 Å². The van der Waals surface area contributed by atoms with Crippen LogP contribution in [0, 0.1) is 0 Å². The maximum atomic E-state index is 3.91. The zero-order valence-electron chi connectivity index (χ0n) is 4.05. The fourth-order valence-corrected chi connectivity index (χ4v) is 0.649. The minimum atomic E-state index is 0.810. The SMILES string of the molecule is c1nc2[nH]cnc2[nH]1. The Balaban J connectivity index is 3.06. The van der Waals surface area contributed by atoms with Gasteiger partial charge in [0, 0.05) is 0 Å². The second-order valence-corrected chi connectivity index (χ2v) is 1.50. The molecule has 0 radical (unpaired) electrons. The molecule has 2 aromatic rings. The van der Waals surface area contributed by atoms with Gasteiger partial charge in [-0.25, -0.2) is 9.97 Å². The molecule has 2 heterocycles. The van der Waals surface area contributed by atoms with Crippen molar-refractivity contribution in [2.45, 2.75) is 0 Å². The number of H-pyrrole nitrogens is 2. The number of hydrogen-bond donors (Lipinski definition) is 2. The summed E-state index contributed by atoms with van der Waals surface area (Å²) in [5.41, 5.74) is 1.62. The molecule has 8 heavy (non-hydrogen) atoms. The highest BCUT2D eigenvalue weighted by molar-refractivity contribution is 5.63. The summed E-state index contributed by atoms with van der Waals surface area (Å²) in [5, 5.41) is 0. The van der Waals surface area contributed by atoms with E-state index in [-0.39, 0.29) is 0 Å². The van der Waals surface area contributed by atoms with Crippen LogP contribution in [-0.2, 0) is 0 Å². The van der Waals surface area contributed by atoms with Crippen LogP contribution in [0.2, 0.25) is 0 Å². The molecule has 0 amide bonds. The summed E-state index contributed by atoms with van der Waals surface area (Å²) in [4.78, 5) is 13.5. The van der Waals surface area contributed by atoms with Gasteiger partial charge in [0.1, 0.15) is 0 Å². The minimum absolute atomic E-state index is 0.810. The first-order chi connectivity index (χ1) is 3.97. The van der Waals surface area contributed by atoms with Crippen LogP contribution in [0.15, 0.2) is 12.7 Å². The van der Waals surface area contributed by atoms with Gasteiger partial charge in [-0.3, -0.25) is 0 Å². The Hall–Kier alpha value is -1.32. The summed E-state index contributed by atoms with van der Waals surface area (Å²) in [6, 6.07) is 0. The first-order valence-electron chi connectivity index (χ1n) is 2.29. The molecule has 2 aromatic heterocycles. The van der Waals surface area contributed by atoms with Gasteiger partial charge in [0.05, 0.1) is 12.7 Å².